The molecule has 1 aliphatic rings. The summed E-state index contributed by atoms with van der Waals surface area (Å²) in [6, 6.07) is 9.90. The summed E-state index contributed by atoms with van der Waals surface area (Å²) in [5, 5.41) is 9.79. The molecule has 0 aliphatic heterocycles. The number of hydrogen-bond donors (Lipinski definition) is 0. The number of allylic oxidation sites excluding steroid dienone is 4. The molecule has 2 nitrogen and oxygen atoms in total. The average Bonchev–Trinajstić information content (AvgIpc) is 2.38. The van der Waals surface area contributed by atoms with Gasteiger partial charge in [-0.15, -0.1) is 0 Å². The Morgan fingerprint density at radius 3 is 2.65 bits per heavy atom. The first-order valence-electron chi connectivity index (χ1n) is 5.36. The third-order valence-corrected chi connectivity index (χ3v) is 3.13. The Kier molecular flexibility index (Phi) is 3.51. The first-order valence-corrected chi connectivity index (χ1v) is 5.74. The summed E-state index contributed by atoms with van der Waals surface area (Å²) in [5.74, 6) is 0.631. The number of ether oxygens (including phenoxy) is 1. The Hall–Kier alpha value is -1.72. The van der Waals surface area contributed by atoms with Gasteiger partial charge in [0, 0.05) is 5.03 Å². The fourth-order valence-electron chi connectivity index (χ4n) is 1.91. The lowest BCUT2D eigenvalue weighted by Crippen LogP contribution is -2.04. The molecule has 0 saturated heterocycles. The molecule has 1 unspecified atom stereocenters. The van der Waals surface area contributed by atoms with Crippen LogP contribution in [0.2, 0.25) is 0 Å². The lowest BCUT2D eigenvalue weighted by molar-refractivity contribution is 0.415. The highest BCUT2D eigenvalue weighted by Gasteiger charge is 2.20. The van der Waals surface area contributed by atoms with Crippen molar-refractivity contribution in [2.45, 2.75) is 6.42 Å². The second kappa shape index (κ2) is 5.07. The molecule has 0 aromatic heterocycles. The second-order valence-electron chi connectivity index (χ2n) is 3.81. The lowest BCUT2D eigenvalue weighted by Gasteiger charge is -2.17. The molecule has 1 aliphatic carbocycles. The van der Waals surface area contributed by atoms with E-state index in [2.05, 4.69) is 6.07 Å². The van der Waals surface area contributed by atoms with E-state index in [0.29, 0.717) is 11.5 Å². The molecule has 3 heteroatoms. The van der Waals surface area contributed by atoms with Crippen molar-refractivity contribution in [2.24, 2.45) is 5.92 Å². The summed E-state index contributed by atoms with van der Waals surface area (Å²) < 4.78 is 5.11. The molecule has 0 radical (unpaired) electrons. The third kappa shape index (κ3) is 2.35. The van der Waals surface area contributed by atoms with E-state index in [0.717, 1.165) is 16.9 Å². The van der Waals surface area contributed by atoms with Gasteiger partial charge in [-0.25, -0.2) is 0 Å². The molecular weight excluding hydrogens is 234 g/mol. The van der Waals surface area contributed by atoms with Crippen LogP contribution in [0.3, 0.4) is 0 Å². The normalized spacial score (nSPS) is 19.0. The van der Waals surface area contributed by atoms with E-state index in [-0.39, 0.29) is 5.92 Å². The van der Waals surface area contributed by atoms with E-state index in [9.17, 15) is 0 Å². The van der Waals surface area contributed by atoms with Crippen LogP contribution < -0.4 is 4.74 Å². The van der Waals surface area contributed by atoms with Crippen molar-refractivity contribution in [3.8, 4) is 11.8 Å². The quantitative estimate of drug-likeness (QED) is 0.795. The van der Waals surface area contributed by atoms with Crippen LogP contribution in [0, 0.1) is 17.2 Å². The van der Waals surface area contributed by atoms with Crippen molar-refractivity contribution < 1.29 is 4.74 Å². The van der Waals surface area contributed by atoms with Gasteiger partial charge >= 0.3 is 0 Å². The van der Waals surface area contributed by atoms with Gasteiger partial charge in [-0.3, -0.25) is 0 Å². The monoisotopic (exact) mass is 245 g/mol. The van der Waals surface area contributed by atoms with Gasteiger partial charge in [0.15, 0.2) is 0 Å². The molecule has 1 aromatic carbocycles. The Balaban J connectivity index is 2.43. The summed E-state index contributed by atoms with van der Waals surface area (Å²) >= 11 is 6.17. The van der Waals surface area contributed by atoms with Crippen molar-refractivity contribution in [1.29, 1.82) is 5.26 Å². The summed E-state index contributed by atoms with van der Waals surface area (Å²) in [7, 11) is 1.63. The molecule has 0 saturated carbocycles. The standard InChI is InChI=1S/C14H12ClNO/c1-17-12-7-5-10(6-8-12)14-11(9-16)3-2-4-13(14)15/h2,4-8,11H,3H2,1H3. The summed E-state index contributed by atoms with van der Waals surface area (Å²) in [6.45, 7) is 0. The van der Waals surface area contributed by atoms with Gasteiger partial charge in [-0.05, 0) is 35.8 Å². The SMILES string of the molecule is COc1ccc(C2=C(Cl)C=CCC2C#N)cc1. The van der Waals surface area contributed by atoms with Crippen LogP contribution in [-0.4, -0.2) is 7.11 Å². The lowest BCUT2D eigenvalue weighted by atomic mass is 9.87. The van der Waals surface area contributed by atoms with Gasteiger partial charge in [-0.2, -0.15) is 5.26 Å². The molecule has 1 atom stereocenters. The van der Waals surface area contributed by atoms with Gasteiger partial charge in [0.2, 0.25) is 0 Å². The Labute approximate surface area is 106 Å². The zero-order valence-corrected chi connectivity index (χ0v) is 10.2. The zero-order chi connectivity index (χ0) is 12.3. The van der Waals surface area contributed by atoms with Gasteiger partial charge in [0.05, 0.1) is 19.1 Å². The fourth-order valence-corrected chi connectivity index (χ4v) is 2.24. The summed E-state index contributed by atoms with van der Waals surface area (Å²) in [6.07, 6.45) is 4.51. The van der Waals surface area contributed by atoms with E-state index < -0.39 is 0 Å². The highest BCUT2D eigenvalue weighted by atomic mass is 35.5. The number of nitrogens with zero attached hydrogens (tertiary/aromatic N) is 1. The Morgan fingerprint density at radius 2 is 2.06 bits per heavy atom. The minimum Gasteiger partial charge on any atom is -0.497 e. The fraction of sp³-hybridized carbons (Fsp3) is 0.214. The van der Waals surface area contributed by atoms with Gasteiger partial charge in [0.1, 0.15) is 5.75 Å². The highest BCUT2D eigenvalue weighted by molar-refractivity contribution is 6.34. The first kappa shape index (κ1) is 11.8. The first-order chi connectivity index (χ1) is 8.26. The summed E-state index contributed by atoms with van der Waals surface area (Å²) in [5.41, 5.74) is 1.88. The Morgan fingerprint density at radius 1 is 1.35 bits per heavy atom. The van der Waals surface area contributed by atoms with Crippen molar-refractivity contribution in [3.63, 3.8) is 0 Å². The highest BCUT2D eigenvalue weighted by Crippen LogP contribution is 2.35. The number of benzene rings is 1. The predicted molar refractivity (Wildman–Crippen MR) is 68.6 cm³/mol. The number of methoxy groups -OCH3 is 1. The molecule has 0 bridgehead atoms. The molecule has 0 fully saturated rings. The molecule has 86 valence electrons. The van der Waals surface area contributed by atoms with Crippen LogP contribution in [0.15, 0.2) is 41.4 Å². The maximum atomic E-state index is 9.14. The Bertz CT molecular complexity index is 508. The van der Waals surface area contributed by atoms with Crippen LogP contribution in [0.1, 0.15) is 12.0 Å². The van der Waals surface area contributed by atoms with Crippen molar-refractivity contribution in [2.75, 3.05) is 7.11 Å². The van der Waals surface area contributed by atoms with Crippen molar-refractivity contribution >= 4 is 17.2 Å². The maximum Gasteiger partial charge on any atom is 0.118 e. The van der Waals surface area contributed by atoms with Gasteiger partial charge in [0.25, 0.3) is 0 Å². The molecule has 17 heavy (non-hydrogen) atoms. The largest absolute Gasteiger partial charge is 0.497 e. The topological polar surface area (TPSA) is 33.0 Å². The second-order valence-corrected chi connectivity index (χ2v) is 4.22. The van der Waals surface area contributed by atoms with Gasteiger partial charge in [-0.1, -0.05) is 29.8 Å². The average molecular weight is 246 g/mol. The van der Waals surface area contributed by atoms with Crippen LogP contribution >= 0.6 is 11.6 Å². The number of nitriles is 1. The molecule has 0 N–H and O–H groups in total. The zero-order valence-electron chi connectivity index (χ0n) is 9.48. The minimum atomic E-state index is -0.166. The number of hydrogen-bond acceptors (Lipinski definition) is 2. The van der Waals surface area contributed by atoms with Crippen LogP contribution in [0.5, 0.6) is 5.75 Å². The van der Waals surface area contributed by atoms with E-state index in [1.165, 1.54) is 0 Å². The smallest absolute Gasteiger partial charge is 0.118 e. The number of rotatable bonds is 2. The number of halogens is 1. The summed E-state index contributed by atoms with van der Waals surface area (Å²) in [4.78, 5) is 0. The maximum absolute atomic E-state index is 9.14. The van der Waals surface area contributed by atoms with Crippen molar-refractivity contribution in [3.05, 3.63) is 47.0 Å². The molecule has 1 aromatic rings. The van der Waals surface area contributed by atoms with Crippen LogP contribution in [-0.2, 0) is 0 Å². The van der Waals surface area contributed by atoms with Crippen LogP contribution in [0.25, 0.3) is 5.57 Å². The predicted octanol–water partition coefficient (Wildman–Crippen LogP) is 3.74. The van der Waals surface area contributed by atoms with Crippen molar-refractivity contribution in [1.82, 2.24) is 0 Å². The molecule has 0 heterocycles. The van der Waals surface area contributed by atoms with E-state index in [1.54, 1.807) is 7.11 Å². The van der Waals surface area contributed by atoms with Gasteiger partial charge < -0.3 is 4.74 Å². The minimum absolute atomic E-state index is 0.166. The van der Waals surface area contributed by atoms with E-state index >= 15 is 0 Å². The molecular formula is C14H12ClNO. The van der Waals surface area contributed by atoms with E-state index in [1.807, 2.05) is 36.4 Å². The molecule has 0 amide bonds. The van der Waals surface area contributed by atoms with E-state index in [4.69, 9.17) is 21.6 Å². The molecule has 0 spiro atoms. The third-order valence-electron chi connectivity index (χ3n) is 2.80. The van der Waals surface area contributed by atoms with Crippen LogP contribution in [0.4, 0.5) is 0 Å². The molecule has 2 rings (SSSR count).